The molecule has 0 bridgehead atoms. The van der Waals surface area contributed by atoms with Crippen LogP contribution in [0.3, 0.4) is 0 Å². The number of benzene rings is 1. The highest BCUT2D eigenvalue weighted by atomic mass is 79.9. The van der Waals surface area contributed by atoms with Crippen molar-refractivity contribution in [2.75, 3.05) is 19.8 Å². The number of hydrogen-bond acceptors (Lipinski definition) is 3. The third kappa shape index (κ3) is 3.35. The maximum atomic E-state index is 12.4. The van der Waals surface area contributed by atoms with Crippen molar-refractivity contribution in [3.8, 4) is 0 Å². The minimum atomic E-state index is -0.551. The molecular weight excluding hydrogens is 310 g/mol. The zero-order valence-electron chi connectivity index (χ0n) is 10.9. The monoisotopic (exact) mass is 327 g/mol. The summed E-state index contributed by atoms with van der Waals surface area (Å²) in [5.41, 5.74) is 0.999. The van der Waals surface area contributed by atoms with Gasteiger partial charge in [-0.05, 0) is 37.5 Å². The number of carbonyl (C=O) groups is 1. The predicted molar refractivity (Wildman–Crippen MR) is 76.2 cm³/mol. The normalized spacial score (nSPS) is 18.1. The van der Waals surface area contributed by atoms with E-state index in [1.165, 1.54) is 0 Å². The van der Waals surface area contributed by atoms with Crippen molar-refractivity contribution in [3.05, 3.63) is 33.8 Å². The van der Waals surface area contributed by atoms with Gasteiger partial charge in [-0.1, -0.05) is 22.0 Å². The smallest absolute Gasteiger partial charge is 0.252 e. The highest BCUT2D eigenvalue weighted by Crippen LogP contribution is 2.22. The van der Waals surface area contributed by atoms with E-state index < -0.39 is 5.54 Å². The molecule has 1 saturated heterocycles. The number of nitrogens with one attached hydrogen (secondary N) is 1. The van der Waals surface area contributed by atoms with E-state index in [1.807, 2.05) is 19.1 Å². The summed E-state index contributed by atoms with van der Waals surface area (Å²) in [5.74, 6) is -0.144. The van der Waals surface area contributed by atoms with Gasteiger partial charge in [-0.15, -0.1) is 0 Å². The summed E-state index contributed by atoms with van der Waals surface area (Å²) in [6, 6.07) is 5.60. The van der Waals surface area contributed by atoms with E-state index in [-0.39, 0.29) is 12.5 Å². The van der Waals surface area contributed by atoms with Gasteiger partial charge in [-0.25, -0.2) is 0 Å². The lowest BCUT2D eigenvalue weighted by Crippen LogP contribution is -2.54. The molecule has 0 radical (unpaired) electrons. The number of hydrogen-bond donors (Lipinski definition) is 2. The highest BCUT2D eigenvalue weighted by Gasteiger charge is 2.34. The summed E-state index contributed by atoms with van der Waals surface area (Å²) in [6.07, 6.45) is 1.28. The van der Waals surface area contributed by atoms with Crippen LogP contribution in [-0.4, -0.2) is 36.4 Å². The number of carbonyl (C=O) groups excluding carboxylic acids is 1. The van der Waals surface area contributed by atoms with Gasteiger partial charge in [-0.3, -0.25) is 4.79 Å². The minimum Gasteiger partial charge on any atom is -0.394 e. The van der Waals surface area contributed by atoms with Crippen molar-refractivity contribution in [1.29, 1.82) is 0 Å². The predicted octanol–water partition coefficient (Wildman–Crippen LogP) is 2.03. The number of ether oxygens (including phenoxy) is 1. The Morgan fingerprint density at radius 2 is 2.16 bits per heavy atom. The number of amides is 1. The first-order valence-electron chi connectivity index (χ1n) is 6.34. The Hall–Kier alpha value is -0.910. The summed E-state index contributed by atoms with van der Waals surface area (Å²) in [5, 5.41) is 12.6. The lowest BCUT2D eigenvalue weighted by molar-refractivity contribution is 0.0125. The molecule has 0 atom stereocenters. The maximum Gasteiger partial charge on any atom is 0.252 e. The molecule has 0 aliphatic carbocycles. The molecule has 0 aromatic heterocycles. The van der Waals surface area contributed by atoms with E-state index in [0.29, 0.717) is 31.6 Å². The lowest BCUT2D eigenvalue weighted by Gasteiger charge is -2.36. The summed E-state index contributed by atoms with van der Waals surface area (Å²) >= 11 is 3.37. The van der Waals surface area contributed by atoms with Crippen molar-refractivity contribution in [1.82, 2.24) is 5.32 Å². The number of rotatable bonds is 3. The van der Waals surface area contributed by atoms with E-state index in [4.69, 9.17) is 4.74 Å². The number of halogens is 1. The van der Waals surface area contributed by atoms with Gasteiger partial charge in [0.15, 0.2) is 0 Å². The van der Waals surface area contributed by atoms with Gasteiger partial charge in [-0.2, -0.15) is 0 Å². The zero-order valence-corrected chi connectivity index (χ0v) is 12.5. The molecule has 104 valence electrons. The minimum absolute atomic E-state index is 0.0604. The third-order valence-electron chi connectivity index (χ3n) is 3.58. The second-order valence-electron chi connectivity index (χ2n) is 4.96. The molecule has 5 heteroatoms. The highest BCUT2D eigenvalue weighted by molar-refractivity contribution is 9.10. The second kappa shape index (κ2) is 6.03. The van der Waals surface area contributed by atoms with Gasteiger partial charge in [0, 0.05) is 23.2 Å². The van der Waals surface area contributed by atoms with Crippen LogP contribution in [-0.2, 0) is 4.74 Å². The lowest BCUT2D eigenvalue weighted by atomic mass is 9.90. The molecule has 1 aromatic carbocycles. The van der Waals surface area contributed by atoms with E-state index in [2.05, 4.69) is 21.2 Å². The summed E-state index contributed by atoms with van der Waals surface area (Å²) in [4.78, 5) is 12.4. The third-order valence-corrected chi connectivity index (χ3v) is 4.07. The Kier molecular flexibility index (Phi) is 4.60. The van der Waals surface area contributed by atoms with Crippen LogP contribution in [0.5, 0.6) is 0 Å². The van der Waals surface area contributed by atoms with Gasteiger partial charge in [0.2, 0.25) is 0 Å². The van der Waals surface area contributed by atoms with Crippen LogP contribution < -0.4 is 5.32 Å². The fraction of sp³-hybridized carbons (Fsp3) is 0.500. The Bertz CT molecular complexity index is 470. The Morgan fingerprint density at radius 3 is 2.79 bits per heavy atom. The van der Waals surface area contributed by atoms with Gasteiger partial charge in [0.05, 0.1) is 12.1 Å². The molecule has 1 aliphatic rings. The summed E-state index contributed by atoms with van der Waals surface area (Å²) in [6.45, 7) is 2.97. The average molecular weight is 328 g/mol. The van der Waals surface area contributed by atoms with E-state index >= 15 is 0 Å². The molecule has 0 unspecified atom stereocenters. The molecule has 0 spiro atoms. The SMILES string of the molecule is Cc1ccc(Br)cc1C(=O)NC1(CO)CCOCC1. The topological polar surface area (TPSA) is 58.6 Å². The summed E-state index contributed by atoms with van der Waals surface area (Å²) in [7, 11) is 0. The Labute approximate surface area is 121 Å². The quantitative estimate of drug-likeness (QED) is 0.893. The molecule has 2 N–H and O–H groups in total. The van der Waals surface area contributed by atoms with Crippen molar-refractivity contribution in [3.63, 3.8) is 0 Å². The number of aliphatic hydroxyl groups is 1. The second-order valence-corrected chi connectivity index (χ2v) is 5.88. The van der Waals surface area contributed by atoms with Crippen molar-refractivity contribution < 1.29 is 14.6 Å². The average Bonchev–Trinajstić information content (AvgIpc) is 2.42. The molecule has 1 heterocycles. The molecule has 19 heavy (non-hydrogen) atoms. The molecule has 1 fully saturated rings. The van der Waals surface area contributed by atoms with E-state index in [9.17, 15) is 9.90 Å². The molecule has 1 amide bonds. The van der Waals surface area contributed by atoms with Crippen LogP contribution in [0.1, 0.15) is 28.8 Å². The van der Waals surface area contributed by atoms with Crippen molar-refractivity contribution >= 4 is 21.8 Å². The standard InChI is InChI=1S/C14H18BrNO3/c1-10-2-3-11(15)8-12(10)13(18)16-14(9-17)4-6-19-7-5-14/h2-3,8,17H,4-7,9H2,1H3,(H,16,18). The van der Waals surface area contributed by atoms with Crippen LogP contribution in [0.15, 0.2) is 22.7 Å². The van der Waals surface area contributed by atoms with Crippen LogP contribution in [0.2, 0.25) is 0 Å². The van der Waals surface area contributed by atoms with Crippen LogP contribution >= 0.6 is 15.9 Å². The van der Waals surface area contributed by atoms with Crippen molar-refractivity contribution in [2.45, 2.75) is 25.3 Å². The first kappa shape index (κ1) is 14.5. The Balaban J connectivity index is 2.17. The van der Waals surface area contributed by atoms with Gasteiger partial charge >= 0.3 is 0 Å². The molecular formula is C14H18BrNO3. The maximum absolute atomic E-state index is 12.4. The van der Waals surface area contributed by atoms with Crippen LogP contribution in [0.25, 0.3) is 0 Å². The fourth-order valence-electron chi connectivity index (χ4n) is 2.23. The molecule has 0 saturated carbocycles. The first-order chi connectivity index (χ1) is 9.06. The molecule has 1 aliphatic heterocycles. The number of aryl methyl sites for hydroxylation is 1. The van der Waals surface area contributed by atoms with Gasteiger partial charge in [0.1, 0.15) is 0 Å². The molecule has 2 rings (SSSR count). The van der Waals surface area contributed by atoms with Crippen molar-refractivity contribution in [2.24, 2.45) is 0 Å². The molecule has 4 nitrogen and oxygen atoms in total. The van der Waals surface area contributed by atoms with Gasteiger partial charge < -0.3 is 15.2 Å². The van der Waals surface area contributed by atoms with Crippen LogP contribution in [0.4, 0.5) is 0 Å². The van der Waals surface area contributed by atoms with Crippen LogP contribution in [0, 0.1) is 6.92 Å². The van der Waals surface area contributed by atoms with E-state index in [0.717, 1.165) is 10.0 Å². The zero-order chi connectivity index (χ0) is 13.9. The fourth-order valence-corrected chi connectivity index (χ4v) is 2.59. The Morgan fingerprint density at radius 1 is 1.47 bits per heavy atom. The first-order valence-corrected chi connectivity index (χ1v) is 7.13. The van der Waals surface area contributed by atoms with E-state index in [1.54, 1.807) is 6.07 Å². The number of aliphatic hydroxyl groups excluding tert-OH is 1. The molecule has 1 aromatic rings. The van der Waals surface area contributed by atoms with Gasteiger partial charge in [0.25, 0.3) is 5.91 Å². The summed E-state index contributed by atoms with van der Waals surface area (Å²) < 4.78 is 6.16. The largest absolute Gasteiger partial charge is 0.394 e.